The lowest BCUT2D eigenvalue weighted by molar-refractivity contribution is -0.130. The molecule has 220 valence electrons. The Morgan fingerprint density at radius 2 is 1.93 bits per heavy atom. The van der Waals surface area contributed by atoms with Crippen molar-refractivity contribution in [2.75, 3.05) is 26.9 Å². The molecule has 0 radical (unpaired) electrons. The molecule has 0 aromatic heterocycles. The van der Waals surface area contributed by atoms with Gasteiger partial charge in [-0.2, -0.15) is 0 Å². The zero-order chi connectivity index (χ0) is 30.0. The third kappa shape index (κ3) is 7.19. The second-order valence-electron chi connectivity index (χ2n) is 10.3. The topological polar surface area (TPSA) is 150 Å². The number of nitrogens with zero attached hydrogens (tertiary/aromatic N) is 4. The number of carbonyl (C=O) groups excluding carboxylic acids is 1. The van der Waals surface area contributed by atoms with Gasteiger partial charge in [-0.25, -0.2) is 10.4 Å². The van der Waals surface area contributed by atoms with Gasteiger partial charge in [-0.05, 0) is 59.0 Å². The van der Waals surface area contributed by atoms with Gasteiger partial charge in [-0.1, -0.05) is 55.4 Å². The number of ether oxygens (including phenoxy) is 3. The van der Waals surface area contributed by atoms with Crippen molar-refractivity contribution < 1.29 is 24.1 Å². The minimum atomic E-state index is -1.48. The molecule has 3 aromatic carbocycles. The minimum Gasteiger partial charge on any atom is -0.497 e. The van der Waals surface area contributed by atoms with Gasteiger partial charge in [0, 0.05) is 42.2 Å². The van der Waals surface area contributed by atoms with E-state index in [2.05, 4.69) is 20.9 Å². The summed E-state index contributed by atoms with van der Waals surface area (Å²) in [6.45, 7) is 5.07. The number of hydrogen-bond acceptors (Lipinski definition) is 8. The Balaban J connectivity index is 1.82. The van der Waals surface area contributed by atoms with E-state index in [1.54, 1.807) is 31.4 Å². The van der Waals surface area contributed by atoms with Crippen LogP contribution in [0.4, 0.5) is 5.69 Å². The van der Waals surface area contributed by atoms with Gasteiger partial charge in [0.15, 0.2) is 11.6 Å². The van der Waals surface area contributed by atoms with Crippen LogP contribution in [-0.4, -0.2) is 49.3 Å². The molecule has 1 aliphatic heterocycles. The third-order valence-corrected chi connectivity index (χ3v) is 6.74. The van der Waals surface area contributed by atoms with Gasteiger partial charge in [0.05, 0.1) is 13.7 Å². The molecule has 0 saturated carbocycles. The van der Waals surface area contributed by atoms with Gasteiger partial charge >= 0.3 is 0 Å². The van der Waals surface area contributed by atoms with Gasteiger partial charge in [0.1, 0.15) is 11.5 Å². The molecule has 42 heavy (non-hydrogen) atoms. The average Bonchev–Trinajstić information content (AvgIpc) is 3.39. The summed E-state index contributed by atoms with van der Waals surface area (Å²) in [6.07, 6.45) is -0.229. The number of aliphatic hydroxyl groups excluding tert-OH is 1. The van der Waals surface area contributed by atoms with E-state index in [4.69, 9.17) is 24.3 Å². The molecule has 1 heterocycles. The fourth-order valence-corrected chi connectivity index (χ4v) is 4.63. The molecule has 0 unspecified atom stereocenters. The van der Waals surface area contributed by atoms with Crippen molar-refractivity contribution in [1.82, 2.24) is 10.9 Å². The SMILES string of the molecule is COc1cccc([C@@H]2OC(c3ccc(OCCCO)cc3)=N[C@]2(Cc2ccccc2N=[N+]=[N-])C(=O)NNCC(C)C)c1. The van der Waals surface area contributed by atoms with Crippen LogP contribution in [0.5, 0.6) is 11.5 Å². The van der Waals surface area contributed by atoms with Crippen LogP contribution in [0.2, 0.25) is 0 Å². The van der Waals surface area contributed by atoms with E-state index >= 15 is 0 Å². The fourth-order valence-electron chi connectivity index (χ4n) is 4.63. The van der Waals surface area contributed by atoms with Crippen molar-refractivity contribution in [3.05, 3.63) is 99.9 Å². The van der Waals surface area contributed by atoms with E-state index < -0.39 is 17.6 Å². The molecule has 1 aliphatic rings. The summed E-state index contributed by atoms with van der Waals surface area (Å²) >= 11 is 0. The number of hydrazine groups is 1. The maximum Gasteiger partial charge on any atom is 0.266 e. The lowest BCUT2D eigenvalue weighted by Gasteiger charge is -2.31. The Morgan fingerprint density at radius 3 is 2.64 bits per heavy atom. The predicted molar refractivity (Wildman–Crippen MR) is 160 cm³/mol. The monoisotopic (exact) mass is 572 g/mol. The van der Waals surface area contributed by atoms with Gasteiger partial charge in [-0.3, -0.25) is 10.2 Å². The number of azide groups is 1. The Labute approximate surface area is 245 Å². The summed E-state index contributed by atoms with van der Waals surface area (Å²) < 4.78 is 17.7. The number of benzene rings is 3. The smallest absolute Gasteiger partial charge is 0.266 e. The first-order chi connectivity index (χ1) is 20.4. The van der Waals surface area contributed by atoms with Gasteiger partial charge < -0.3 is 19.3 Å². The van der Waals surface area contributed by atoms with Crippen LogP contribution in [-0.2, 0) is 16.0 Å². The molecule has 0 saturated heterocycles. The average molecular weight is 573 g/mol. The summed E-state index contributed by atoms with van der Waals surface area (Å²) in [6, 6.07) is 21.7. The Kier molecular flexibility index (Phi) is 10.4. The molecular weight excluding hydrogens is 536 g/mol. The van der Waals surface area contributed by atoms with Crippen LogP contribution in [0.3, 0.4) is 0 Å². The molecule has 3 N–H and O–H groups in total. The number of rotatable bonds is 14. The highest BCUT2D eigenvalue weighted by Gasteiger charge is 2.53. The molecule has 0 fully saturated rings. The van der Waals surface area contributed by atoms with Crippen molar-refractivity contribution in [1.29, 1.82) is 0 Å². The summed E-state index contributed by atoms with van der Waals surface area (Å²) in [5, 5.41) is 12.9. The summed E-state index contributed by atoms with van der Waals surface area (Å²) in [5.74, 6) is 1.42. The van der Waals surface area contributed by atoms with E-state index in [1.165, 1.54) is 0 Å². The molecule has 1 amide bonds. The normalized spacial score (nSPS) is 17.6. The van der Waals surface area contributed by atoms with Crippen molar-refractivity contribution in [2.24, 2.45) is 16.0 Å². The van der Waals surface area contributed by atoms with Crippen LogP contribution in [0.25, 0.3) is 10.4 Å². The number of nitrogens with one attached hydrogen (secondary N) is 2. The predicted octanol–water partition coefficient (Wildman–Crippen LogP) is 5.17. The van der Waals surface area contributed by atoms with Crippen LogP contribution in [0.1, 0.15) is 43.1 Å². The van der Waals surface area contributed by atoms with Crippen LogP contribution in [0.15, 0.2) is 82.9 Å². The molecule has 0 bridgehead atoms. The van der Waals surface area contributed by atoms with Crippen molar-refractivity contribution in [3.8, 4) is 11.5 Å². The maximum absolute atomic E-state index is 14.2. The summed E-state index contributed by atoms with van der Waals surface area (Å²) in [5.41, 5.74) is 16.0. The molecule has 2 atom stereocenters. The summed E-state index contributed by atoms with van der Waals surface area (Å²) in [7, 11) is 1.58. The second-order valence-corrected chi connectivity index (χ2v) is 10.3. The zero-order valence-electron chi connectivity index (χ0n) is 24.0. The quantitative estimate of drug-likeness (QED) is 0.0797. The fraction of sp³-hybridized carbons (Fsp3) is 0.355. The lowest BCUT2D eigenvalue weighted by atomic mass is 9.81. The van der Waals surface area contributed by atoms with Crippen LogP contribution < -0.4 is 20.3 Å². The molecular formula is C31H36N6O5. The van der Waals surface area contributed by atoms with Crippen molar-refractivity contribution in [2.45, 2.75) is 38.3 Å². The van der Waals surface area contributed by atoms with Crippen molar-refractivity contribution in [3.63, 3.8) is 0 Å². The number of methoxy groups -OCH3 is 1. The maximum atomic E-state index is 14.2. The Hall–Kier alpha value is -4.57. The second kappa shape index (κ2) is 14.4. The number of aliphatic hydroxyl groups is 1. The number of amides is 1. The van der Waals surface area contributed by atoms with E-state index in [0.717, 1.165) is 0 Å². The standard InChI is InChI=1S/C31H36N6O5/c1-21(2)20-33-36-30(39)31(19-24-8-4-5-11-27(24)35-37-32)28(23-9-6-10-26(18-23)40-3)42-29(34-31)22-12-14-25(15-13-22)41-17-7-16-38/h4-6,8-15,18,21,28,33,38H,7,16-17,19-20H2,1-3H3,(H,36,39)/t28-,31-/m0/s1. The first-order valence-corrected chi connectivity index (χ1v) is 13.8. The molecule has 3 aromatic rings. The molecule has 4 rings (SSSR count). The van der Waals surface area contributed by atoms with E-state index in [0.29, 0.717) is 53.4 Å². The molecule has 0 spiro atoms. The largest absolute Gasteiger partial charge is 0.497 e. The zero-order valence-corrected chi connectivity index (χ0v) is 24.0. The Bertz CT molecular complexity index is 1440. The van der Waals surface area contributed by atoms with E-state index in [1.807, 2.05) is 62.4 Å². The highest BCUT2D eigenvalue weighted by atomic mass is 16.5. The molecule has 11 nitrogen and oxygen atoms in total. The van der Waals surface area contributed by atoms with Gasteiger partial charge in [-0.15, -0.1) is 0 Å². The van der Waals surface area contributed by atoms with Gasteiger partial charge in [0.25, 0.3) is 5.91 Å². The van der Waals surface area contributed by atoms with Crippen LogP contribution >= 0.6 is 0 Å². The number of hydrogen-bond donors (Lipinski definition) is 3. The van der Waals surface area contributed by atoms with E-state index in [9.17, 15) is 10.3 Å². The third-order valence-electron chi connectivity index (χ3n) is 6.74. The lowest BCUT2D eigenvalue weighted by Crippen LogP contribution is -2.54. The highest BCUT2D eigenvalue weighted by Crippen LogP contribution is 2.44. The minimum absolute atomic E-state index is 0.0490. The first kappa shape index (κ1) is 30.4. The highest BCUT2D eigenvalue weighted by molar-refractivity contribution is 6.01. The summed E-state index contributed by atoms with van der Waals surface area (Å²) in [4.78, 5) is 22.2. The number of aliphatic imine (C=N–C) groups is 1. The Morgan fingerprint density at radius 1 is 1.14 bits per heavy atom. The van der Waals surface area contributed by atoms with E-state index in [-0.39, 0.29) is 24.8 Å². The van der Waals surface area contributed by atoms with Crippen LogP contribution in [0, 0.1) is 5.92 Å². The van der Waals surface area contributed by atoms with Gasteiger partial charge in [0.2, 0.25) is 5.90 Å². The molecule has 11 heteroatoms. The van der Waals surface area contributed by atoms with Crippen molar-refractivity contribution >= 4 is 17.5 Å². The first-order valence-electron chi connectivity index (χ1n) is 13.8. The number of carbonyl (C=O) groups is 1. The molecule has 0 aliphatic carbocycles.